The van der Waals surface area contributed by atoms with E-state index in [1.165, 1.54) is 16.2 Å². The number of benzene rings is 2. The van der Waals surface area contributed by atoms with E-state index >= 15 is 0 Å². The molecule has 4 aromatic rings. The minimum Gasteiger partial charge on any atom is -0.471 e. The molecule has 2 aliphatic heterocycles. The first kappa shape index (κ1) is 40.4. The number of nitrogens with one attached hydrogen (secondary N) is 3. The van der Waals surface area contributed by atoms with Gasteiger partial charge in [-0.3, -0.25) is 19.2 Å². The molecule has 310 valence electrons. The van der Waals surface area contributed by atoms with Crippen LogP contribution in [-0.4, -0.2) is 87.4 Å². The third-order valence-corrected chi connectivity index (χ3v) is 13.1. The standard InChI is InChI=1S/C45H52N6O7S/c52-39(41(54)46-24-23-29-14-5-4-6-15-29)45-27-30(45)16-7-2-1-3-8-21-35(49-44(56)58-31-17-9-10-18-31)43(55)51-28-32(26-36(51)40(53)50-45)57-42-38(37-22-13-25-59-37)47-33-19-11-12-20-34(33)48-42/h4-6,11-15,19-20,22,25,30-32,35-36H,1-3,7-10,16-18,21,23-24,26-28H2,(H,46,54)(H,49,56)(H,50,53)/t30?,32-,35+,36+,45?/m1/s1. The number of Topliss-reactive ketones (excluding diaryl/α,β-unsaturated/α-hetero) is 1. The van der Waals surface area contributed by atoms with Crippen LogP contribution in [0.2, 0.25) is 0 Å². The number of carbonyl (C=O) groups is 5. The number of carbonyl (C=O) groups excluding carboxylic acids is 5. The van der Waals surface area contributed by atoms with Gasteiger partial charge in [0.15, 0.2) is 0 Å². The second-order valence-corrected chi connectivity index (χ2v) is 17.3. The maximum atomic E-state index is 14.7. The highest BCUT2D eigenvalue weighted by molar-refractivity contribution is 7.13. The lowest BCUT2D eigenvalue weighted by atomic mass is 10.0. The number of nitrogens with zero attached hydrogens (tertiary/aromatic N) is 3. The molecule has 8 rings (SSSR count). The van der Waals surface area contributed by atoms with Crippen LogP contribution in [-0.2, 0) is 30.3 Å². The van der Waals surface area contributed by atoms with Crippen molar-refractivity contribution in [2.24, 2.45) is 5.92 Å². The smallest absolute Gasteiger partial charge is 0.408 e. The van der Waals surface area contributed by atoms with Gasteiger partial charge in [0, 0.05) is 13.0 Å². The van der Waals surface area contributed by atoms with Crippen LogP contribution in [0, 0.1) is 5.92 Å². The zero-order chi connectivity index (χ0) is 40.8. The molecule has 2 aliphatic carbocycles. The van der Waals surface area contributed by atoms with Gasteiger partial charge in [0.2, 0.25) is 23.5 Å². The number of rotatable bonds is 10. The van der Waals surface area contributed by atoms with Gasteiger partial charge in [0.25, 0.3) is 5.91 Å². The second kappa shape index (κ2) is 18.3. The molecule has 4 fully saturated rings. The molecule has 2 aromatic carbocycles. The summed E-state index contributed by atoms with van der Waals surface area (Å²) in [4.78, 5) is 82.2. The lowest BCUT2D eigenvalue weighted by molar-refractivity contribution is -0.143. The number of thiophene rings is 1. The summed E-state index contributed by atoms with van der Waals surface area (Å²) in [5.74, 6) is -2.29. The maximum absolute atomic E-state index is 14.7. The molecule has 2 saturated carbocycles. The van der Waals surface area contributed by atoms with E-state index in [0.29, 0.717) is 48.8 Å². The van der Waals surface area contributed by atoms with Crippen molar-refractivity contribution in [1.29, 1.82) is 0 Å². The maximum Gasteiger partial charge on any atom is 0.408 e. The van der Waals surface area contributed by atoms with Crippen molar-refractivity contribution < 1.29 is 33.4 Å². The molecule has 59 heavy (non-hydrogen) atoms. The van der Waals surface area contributed by atoms with Gasteiger partial charge in [-0.15, -0.1) is 11.3 Å². The Hall–Kier alpha value is -5.37. The van der Waals surface area contributed by atoms with Gasteiger partial charge in [-0.2, -0.15) is 0 Å². The molecule has 14 heteroatoms. The van der Waals surface area contributed by atoms with Gasteiger partial charge in [-0.25, -0.2) is 14.8 Å². The number of para-hydroxylation sites is 2. The van der Waals surface area contributed by atoms with E-state index in [4.69, 9.17) is 19.4 Å². The van der Waals surface area contributed by atoms with E-state index in [1.54, 1.807) is 0 Å². The van der Waals surface area contributed by atoms with E-state index < -0.39 is 53.3 Å². The quantitative estimate of drug-likeness (QED) is 0.156. The van der Waals surface area contributed by atoms with Crippen LogP contribution < -0.4 is 20.7 Å². The fourth-order valence-corrected chi connectivity index (χ4v) is 9.66. The predicted octanol–water partition coefficient (Wildman–Crippen LogP) is 6.29. The first-order valence-corrected chi connectivity index (χ1v) is 22.1. The SMILES string of the molecule is O=C(N[C@H]1CCCCCCCC2CC2(C(=O)C(=O)NCCc2ccccc2)NC(=O)[C@@H]2C[C@@H](Oc3nc4ccccc4nc3-c3cccs3)CN2C1=O)OC1CCCC1. The van der Waals surface area contributed by atoms with Crippen molar-refractivity contribution in [2.75, 3.05) is 13.1 Å². The molecule has 4 amide bonds. The molecule has 0 bridgehead atoms. The van der Waals surface area contributed by atoms with E-state index in [0.717, 1.165) is 61.8 Å². The Morgan fingerprint density at radius 1 is 0.831 bits per heavy atom. The lowest BCUT2D eigenvalue weighted by Gasteiger charge is -2.30. The highest BCUT2D eigenvalue weighted by Gasteiger charge is 2.63. The number of alkyl carbamates (subject to hydrolysis) is 1. The van der Waals surface area contributed by atoms with Gasteiger partial charge in [0.05, 0.1) is 22.5 Å². The highest BCUT2D eigenvalue weighted by atomic mass is 32.1. The van der Waals surface area contributed by atoms with E-state index in [1.807, 2.05) is 72.1 Å². The van der Waals surface area contributed by atoms with Crippen molar-refractivity contribution in [3.05, 3.63) is 77.7 Å². The van der Waals surface area contributed by atoms with Gasteiger partial charge >= 0.3 is 6.09 Å². The van der Waals surface area contributed by atoms with E-state index in [9.17, 15) is 24.0 Å². The minimum absolute atomic E-state index is 0.0233. The minimum atomic E-state index is -1.37. The summed E-state index contributed by atoms with van der Waals surface area (Å²) in [5.41, 5.74) is 1.55. The topological polar surface area (TPSA) is 169 Å². The Balaban J connectivity index is 1.07. The number of hydrogen-bond acceptors (Lipinski definition) is 10. The molecule has 2 saturated heterocycles. The van der Waals surface area contributed by atoms with Crippen LogP contribution in [0.15, 0.2) is 72.1 Å². The third kappa shape index (κ3) is 9.43. The Bertz CT molecular complexity index is 2140. The Kier molecular flexibility index (Phi) is 12.5. The molecule has 2 aromatic heterocycles. The van der Waals surface area contributed by atoms with Gasteiger partial charge in [-0.1, -0.05) is 80.6 Å². The zero-order valence-corrected chi connectivity index (χ0v) is 34.1. The van der Waals surface area contributed by atoms with Crippen LogP contribution in [0.1, 0.15) is 89.0 Å². The van der Waals surface area contributed by atoms with Crippen LogP contribution in [0.25, 0.3) is 21.6 Å². The molecular formula is C45H52N6O7S. The molecular weight excluding hydrogens is 769 g/mol. The van der Waals surface area contributed by atoms with Crippen molar-refractivity contribution >= 4 is 52.0 Å². The number of aromatic nitrogens is 2. The highest BCUT2D eigenvalue weighted by Crippen LogP contribution is 2.48. The van der Waals surface area contributed by atoms with Gasteiger partial charge in [-0.05, 0) is 86.4 Å². The second-order valence-electron chi connectivity index (χ2n) is 16.4. The molecule has 0 spiro atoms. The van der Waals surface area contributed by atoms with Crippen molar-refractivity contribution in [2.45, 2.75) is 120 Å². The molecule has 2 unspecified atom stereocenters. The summed E-state index contributed by atoms with van der Waals surface area (Å²) in [6, 6.07) is 19.1. The summed E-state index contributed by atoms with van der Waals surface area (Å²) in [6.45, 7) is 0.297. The molecule has 5 atom stereocenters. The van der Waals surface area contributed by atoms with Crippen molar-refractivity contribution in [3.63, 3.8) is 0 Å². The number of amides is 4. The van der Waals surface area contributed by atoms with E-state index in [-0.39, 0.29) is 37.4 Å². The Labute approximate surface area is 348 Å². The van der Waals surface area contributed by atoms with Crippen LogP contribution in [0.4, 0.5) is 4.79 Å². The van der Waals surface area contributed by atoms with Crippen LogP contribution in [0.5, 0.6) is 5.88 Å². The largest absolute Gasteiger partial charge is 0.471 e. The van der Waals surface area contributed by atoms with Crippen LogP contribution >= 0.6 is 11.3 Å². The number of ether oxygens (including phenoxy) is 2. The molecule has 3 N–H and O–H groups in total. The van der Waals surface area contributed by atoms with Crippen molar-refractivity contribution in [1.82, 2.24) is 30.8 Å². The first-order valence-electron chi connectivity index (χ1n) is 21.2. The summed E-state index contributed by atoms with van der Waals surface area (Å²) in [6.07, 6.45) is 8.30. The fraction of sp³-hybridized carbons (Fsp3) is 0.489. The Morgan fingerprint density at radius 3 is 2.31 bits per heavy atom. The zero-order valence-electron chi connectivity index (χ0n) is 33.2. The fourth-order valence-electron chi connectivity index (χ4n) is 8.95. The predicted molar refractivity (Wildman–Crippen MR) is 223 cm³/mol. The molecule has 13 nitrogen and oxygen atoms in total. The van der Waals surface area contributed by atoms with Gasteiger partial charge in [0.1, 0.15) is 35.5 Å². The molecule has 4 aliphatic rings. The molecule has 0 radical (unpaired) electrons. The summed E-state index contributed by atoms with van der Waals surface area (Å²) >= 11 is 1.50. The number of ketones is 1. The number of hydrogen-bond donors (Lipinski definition) is 3. The lowest BCUT2D eigenvalue weighted by Crippen LogP contribution is -2.58. The summed E-state index contributed by atoms with van der Waals surface area (Å²) in [7, 11) is 0. The number of fused-ring (bicyclic) bond motifs is 3. The Morgan fingerprint density at radius 2 is 1.54 bits per heavy atom. The average Bonchev–Trinajstić information content (AvgIpc) is 3.75. The third-order valence-electron chi connectivity index (χ3n) is 12.2. The average molecular weight is 821 g/mol. The first-order chi connectivity index (χ1) is 28.8. The van der Waals surface area contributed by atoms with Crippen LogP contribution in [0.3, 0.4) is 0 Å². The summed E-state index contributed by atoms with van der Waals surface area (Å²) in [5, 5.41) is 10.6. The van der Waals surface area contributed by atoms with Gasteiger partial charge < -0.3 is 30.3 Å². The molecule has 4 heterocycles. The van der Waals surface area contributed by atoms with E-state index in [2.05, 4.69) is 16.0 Å². The van der Waals surface area contributed by atoms with Crippen molar-refractivity contribution in [3.8, 4) is 16.5 Å². The monoisotopic (exact) mass is 820 g/mol. The summed E-state index contributed by atoms with van der Waals surface area (Å²) < 4.78 is 12.4. The normalized spacial score (nSPS) is 25.2.